The molecule has 8 heteroatoms. The number of carboxylic acid groups (broad SMARTS) is 2. The van der Waals surface area contributed by atoms with E-state index in [0.29, 0.717) is 35.4 Å². The Hall–Kier alpha value is -4.33. The van der Waals surface area contributed by atoms with Gasteiger partial charge in [-0.25, -0.2) is 14.6 Å². The van der Waals surface area contributed by atoms with Gasteiger partial charge >= 0.3 is 11.9 Å². The van der Waals surface area contributed by atoms with Gasteiger partial charge in [0.15, 0.2) is 6.04 Å². The fourth-order valence-corrected chi connectivity index (χ4v) is 4.85. The summed E-state index contributed by atoms with van der Waals surface area (Å²) in [6.07, 6.45) is 2.65. The lowest BCUT2D eigenvalue weighted by Crippen LogP contribution is -2.34. The second-order valence-electron chi connectivity index (χ2n) is 9.17. The zero-order valence-corrected chi connectivity index (χ0v) is 21.9. The number of rotatable bonds is 12. The van der Waals surface area contributed by atoms with Gasteiger partial charge in [0.2, 0.25) is 0 Å². The first-order valence-electron chi connectivity index (χ1n) is 12.8. The van der Waals surface area contributed by atoms with Gasteiger partial charge in [-0.3, -0.25) is 0 Å². The van der Waals surface area contributed by atoms with Crippen molar-refractivity contribution in [2.75, 3.05) is 18.6 Å². The fourth-order valence-electron chi connectivity index (χ4n) is 4.85. The number of carbonyl (C=O) groups is 2. The number of imidazole rings is 1. The summed E-state index contributed by atoms with van der Waals surface area (Å²) in [5.74, 6) is -0.667. The Balaban J connectivity index is 1.71. The Morgan fingerprint density at radius 2 is 1.74 bits per heavy atom. The van der Waals surface area contributed by atoms with Crippen LogP contribution in [0.25, 0.3) is 11.0 Å². The van der Waals surface area contributed by atoms with Crippen LogP contribution in [0.2, 0.25) is 0 Å². The van der Waals surface area contributed by atoms with Gasteiger partial charge in [-0.05, 0) is 42.7 Å². The standard InChI is InChI=1S/C30H33N3O5/c1-4-6-12-26-31-25-18-23(38-3)17-24(29(34)35)28(25)33(26)19-20-13-15-22(16-14-20)32(5-2)27(30(36)37)21-10-8-7-9-11-21/h7-11,13-18,27H,4-6,12,19H2,1-3H3,(H,34,35)(H,36,37). The summed E-state index contributed by atoms with van der Waals surface area (Å²) in [5.41, 5.74) is 3.78. The Morgan fingerprint density at radius 3 is 2.32 bits per heavy atom. The number of aryl methyl sites for hydroxylation is 1. The van der Waals surface area contributed by atoms with Crippen molar-refractivity contribution in [1.29, 1.82) is 0 Å². The minimum absolute atomic E-state index is 0.149. The highest BCUT2D eigenvalue weighted by Gasteiger charge is 2.27. The van der Waals surface area contributed by atoms with Gasteiger partial charge in [0, 0.05) is 31.3 Å². The highest BCUT2D eigenvalue weighted by atomic mass is 16.5. The predicted octanol–water partition coefficient (Wildman–Crippen LogP) is 5.79. The number of aromatic carboxylic acids is 1. The topological polar surface area (TPSA) is 105 Å². The minimum atomic E-state index is -1.04. The molecular weight excluding hydrogens is 482 g/mol. The molecule has 3 aromatic carbocycles. The largest absolute Gasteiger partial charge is 0.497 e. The molecule has 0 aliphatic rings. The number of ether oxygens (including phenoxy) is 1. The van der Waals surface area contributed by atoms with E-state index < -0.39 is 18.0 Å². The Kier molecular flexibility index (Phi) is 8.31. The smallest absolute Gasteiger partial charge is 0.338 e. The van der Waals surface area contributed by atoms with E-state index in [9.17, 15) is 19.8 Å². The summed E-state index contributed by atoms with van der Waals surface area (Å²) in [5, 5.41) is 20.0. The molecule has 1 heterocycles. The molecule has 2 N–H and O–H groups in total. The lowest BCUT2D eigenvalue weighted by atomic mass is 10.0. The van der Waals surface area contributed by atoms with Crippen molar-refractivity contribution in [1.82, 2.24) is 9.55 Å². The van der Waals surface area contributed by atoms with Gasteiger partial charge in [-0.2, -0.15) is 0 Å². The van der Waals surface area contributed by atoms with Crippen LogP contribution in [-0.2, 0) is 17.8 Å². The molecule has 0 aliphatic heterocycles. The molecule has 1 atom stereocenters. The van der Waals surface area contributed by atoms with Crippen molar-refractivity contribution in [3.8, 4) is 5.75 Å². The Bertz CT molecular complexity index is 1410. The van der Waals surface area contributed by atoms with Gasteiger partial charge in [0.05, 0.1) is 23.7 Å². The van der Waals surface area contributed by atoms with Crippen molar-refractivity contribution in [3.05, 3.63) is 89.2 Å². The van der Waals surface area contributed by atoms with Gasteiger partial charge in [-0.15, -0.1) is 0 Å². The van der Waals surface area contributed by atoms with E-state index >= 15 is 0 Å². The number of aliphatic carboxylic acids is 1. The number of likely N-dealkylation sites (N-methyl/N-ethyl adjacent to an activating group) is 1. The first-order chi connectivity index (χ1) is 18.4. The molecule has 0 bridgehead atoms. The predicted molar refractivity (Wildman–Crippen MR) is 147 cm³/mol. The highest BCUT2D eigenvalue weighted by molar-refractivity contribution is 6.02. The number of hydrogen-bond donors (Lipinski definition) is 2. The number of unbranched alkanes of at least 4 members (excludes halogenated alkanes) is 1. The molecule has 1 unspecified atom stereocenters. The quantitative estimate of drug-likeness (QED) is 0.246. The molecule has 0 amide bonds. The zero-order valence-electron chi connectivity index (χ0n) is 21.9. The third-order valence-corrected chi connectivity index (χ3v) is 6.72. The summed E-state index contributed by atoms with van der Waals surface area (Å²) >= 11 is 0. The monoisotopic (exact) mass is 515 g/mol. The van der Waals surface area contributed by atoms with Crippen LogP contribution in [0.15, 0.2) is 66.7 Å². The minimum Gasteiger partial charge on any atom is -0.497 e. The van der Waals surface area contributed by atoms with Crippen molar-refractivity contribution in [3.63, 3.8) is 0 Å². The Morgan fingerprint density at radius 1 is 1.03 bits per heavy atom. The van der Waals surface area contributed by atoms with E-state index in [-0.39, 0.29) is 5.56 Å². The second-order valence-corrected chi connectivity index (χ2v) is 9.17. The second kappa shape index (κ2) is 11.8. The SMILES string of the molecule is CCCCc1nc2cc(OC)cc(C(=O)O)c2n1Cc1ccc(N(CC)C(C(=O)O)c2ccccc2)cc1. The zero-order chi connectivity index (χ0) is 27.2. The van der Waals surface area contributed by atoms with Crippen LogP contribution < -0.4 is 9.64 Å². The molecule has 8 nitrogen and oxygen atoms in total. The van der Waals surface area contributed by atoms with Gasteiger partial charge in [-0.1, -0.05) is 55.8 Å². The van der Waals surface area contributed by atoms with Crippen LogP contribution in [0.1, 0.15) is 60.0 Å². The maximum Gasteiger partial charge on any atom is 0.338 e. The van der Waals surface area contributed by atoms with Gasteiger partial charge < -0.3 is 24.4 Å². The van der Waals surface area contributed by atoms with E-state index in [4.69, 9.17) is 9.72 Å². The van der Waals surface area contributed by atoms with Crippen LogP contribution >= 0.6 is 0 Å². The normalized spacial score (nSPS) is 11.9. The van der Waals surface area contributed by atoms with Gasteiger partial charge in [0.1, 0.15) is 11.6 Å². The van der Waals surface area contributed by atoms with Crippen LogP contribution in [0.4, 0.5) is 5.69 Å². The maximum absolute atomic E-state index is 12.2. The van der Waals surface area contributed by atoms with Crippen LogP contribution in [0.5, 0.6) is 5.75 Å². The number of nitrogens with zero attached hydrogens (tertiary/aromatic N) is 3. The third-order valence-electron chi connectivity index (χ3n) is 6.72. The average Bonchev–Trinajstić information content (AvgIpc) is 3.27. The van der Waals surface area contributed by atoms with E-state index in [2.05, 4.69) is 6.92 Å². The number of fused-ring (bicyclic) bond motifs is 1. The van der Waals surface area contributed by atoms with Crippen molar-refractivity contribution >= 4 is 28.7 Å². The average molecular weight is 516 g/mol. The number of methoxy groups -OCH3 is 1. The van der Waals surface area contributed by atoms with Crippen molar-refractivity contribution < 1.29 is 24.5 Å². The summed E-state index contributed by atoms with van der Waals surface area (Å²) in [4.78, 5) is 31.0. The molecule has 0 radical (unpaired) electrons. The summed E-state index contributed by atoms with van der Waals surface area (Å²) in [7, 11) is 1.51. The van der Waals surface area contributed by atoms with Crippen LogP contribution in [-0.4, -0.2) is 45.4 Å². The van der Waals surface area contributed by atoms with Gasteiger partial charge in [0.25, 0.3) is 0 Å². The number of benzene rings is 3. The number of anilines is 1. The third kappa shape index (κ3) is 5.49. The molecule has 198 valence electrons. The van der Waals surface area contributed by atoms with Crippen molar-refractivity contribution in [2.24, 2.45) is 0 Å². The van der Waals surface area contributed by atoms with Crippen LogP contribution in [0.3, 0.4) is 0 Å². The molecular formula is C30H33N3O5. The van der Waals surface area contributed by atoms with Crippen molar-refractivity contribution in [2.45, 2.75) is 45.7 Å². The molecule has 1 aromatic heterocycles. The summed E-state index contributed by atoms with van der Waals surface area (Å²) in [6, 6.07) is 19.5. The number of carboxylic acids is 2. The van der Waals surface area contributed by atoms with E-state index in [1.807, 2.05) is 71.0 Å². The molecule has 0 saturated carbocycles. The molecule has 4 aromatic rings. The summed E-state index contributed by atoms with van der Waals surface area (Å²) in [6.45, 7) is 5.00. The van der Waals surface area contributed by atoms with E-state index in [1.165, 1.54) is 13.2 Å². The molecule has 0 spiro atoms. The molecule has 38 heavy (non-hydrogen) atoms. The molecule has 0 saturated heterocycles. The maximum atomic E-state index is 12.2. The van der Waals surface area contributed by atoms with Crippen LogP contribution in [0, 0.1) is 0 Å². The van der Waals surface area contributed by atoms with E-state index in [0.717, 1.165) is 36.3 Å². The molecule has 0 fully saturated rings. The first-order valence-corrected chi connectivity index (χ1v) is 12.8. The lowest BCUT2D eigenvalue weighted by Gasteiger charge is -2.30. The summed E-state index contributed by atoms with van der Waals surface area (Å²) < 4.78 is 7.29. The first kappa shape index (κ1) is 26.7. The highest BCUT2D eigenvalue weighted by Crippen LogP contribution is 2.30. The van der Waals surface area contributed by atoms with E-state index in [1.54, 1.807) is 6.07 Å². The Labute approximate surface area is 222 Å². The number of hydrogen-bond acceptors (Lipinski definition) is 5. The lowest BCUT2D eigenvalue weighted by molar-refractivity contribution is -0.138. The molecule has 0 aliphatic carbocycles. The molecule has 4 rings (SSSR count). The number of aromatic nitrogens is 2. The fraction of sp³-hybridized carbons (Fsp3) is 0.300.